The molecule has 1 aromatic carbocycles. The van der Waals surface area contributed by atoms with Gasteiger partial charge in [-0.25, -0.2) is 18.2 Å². The number of methoxy groups -OCH3 is 1. The molecule has 0 unspecified atom stereocenters. The lowest BCUT2D eigenvalue weighted by Crippen LogP contribution is -2.05. The number of carbonyl (C=O) groups excluding carboxylic acids is 1. The largest absolute Gasteiger partial charge is 0.508 e. The molecule has 0 bridgehead atoms. The first-order chi connectivity index (χ1) is 10.9. The Balaban J connectivity index is 2.26. The molecule has 122 valence electrons. The van der Waals surface area contributed by atoms with E-state index in [1.54, 1.807) is 0 Å². The number of hydrogen-bond acceptors (Lipinski definition) is 7. The number of ether oxygens (including phenoxy) is 2. The fraction of sp³-hybridized carbons (Fsp3) is 0.200. The van der Waals surface area contributed by atoms with E-state index < -0.39 is 15.8 Å². The first-order valence-corrected chi connectivity index (χ1v) is 8.30. The van der Waals surface area contributed by atoms with Crippen molar-refractivity contribution < 1.29 is 27.8 Å². The second-order valence-corrected chi connectivity index (χ2v) is 6.77. The molecular weight excluding hydrogens is 322 g/mol. The van der Waals surface area contributed by atoms with Gasteiger partial charge in [-0.2, -0.15) is 0 Å². The molecule has 0 fully saturated rings. The minimum Gasteiger partial charge on any atom is -0.508 e. The highest BCUT2D eigenvalue weighted by atomic mass is 32.2. The molecule has 1 aromatic heterocycles. The molecular formula is C15H15NO6S. The number of benzene rings is 1. The van der Waals surface area contributed by atoms with E-state index in [2.05, 4.69) is 9.72 Å². The van der Waals surface area contributed by atoms with Crippen LogP contribution in [0.5, 0.6) is 17.2 Å². The zero-order valence-corrected chi connectivity index (χ0v) is 13.3. The summed E-state index contributed by atoms with van der Waals surface area (Å²) in [5.41, 5.74) is 0.126. The Morgan fingerprint density at radius 3 is 2.52 bits per heavy atom. The second kappa shape index (κ2) is 6.66. The third-order valence-corrected chi connectivity index (χ3v) is 4.59. The predicted molar refractivity (Wildman–Crippen MR) is 81.5 cm³/mol. The van der Waals surface area contributed by atoms with Gasteiger partial charge in [0.15, 0.2) is 14.9 Å². The van der Waals surface area contributed by atoms with Crippen LogP contribution in [0.3, 0.4) is 0 Å². The van der Waals surface area contributed by atoms with Gasteiger partial charge in [-0.15, -0.1) is 0 Å². The van der Waals surface area contributed by atoms with Crippen LogP contribution in [0, 0.1) is 0 Å². The average Bonchev–Trinajstić information content (AvgIpc) is 2.54. The molecule has 2 aromatic rings. The van der Waals surface area contributed by atoms with E-state index in [-0.39, 0.29) is 33.6 Å². The number of phenolic OH excluding ortho intramolecular Hbond substituents is 1. The number of sulfone groups is 1. The van der Waals surface area contributed by atoms with E-state index in [0.29, 0.717) is 0 Å². The highest BCUT2D eigenvalue weighted by Crippen LogP contribution is 2.27. The molecule has 8 heteroatoms. The van der Waals surface area contributed by atoms with Crippen LogP contribution in [-0.4, -0.2) is 37.3 Å². The summed E-state index contributed by atoms with van der Waals surface area (Å²) in [5.74, 6) is -0.371. The number of carbonyl (C=O) groups is 1. The van der Waals surface area contributed by atoms with Gasteiger partial charge in [0, 0.05) is 6.07 Å². The first-order valence-electron chi connectivity index (χ1n) is 6.64. The minimum absolute atomic E-state index is 0.0430. The topological polar surface area (TPSA) is 103 Å². The lowest BCUT2D eigenvalue weighted by molar-refractivity contribution is 0.0600. The van der Waals surface area contributed by atoms with Crippen LogP contribution < -0.4 is 4.74 Å². The van der Waals surface area contributed by atoms with E-state index in [1.807, 2.05) is 0 Å². The van der Waals surface area contributed by atoms with Crippen LogP contribution in [0.15, 0.2) is 41.6 Å². The Labute approximate surface area is 133 Å². The van der Waals surface area contributed by atoms with Crippen LogP contribution in [0.2, 0.25) is 0 Å². The SMILES string of the molecule is CCS(=O)(=O)c1ccc(Oc2cc(O)cc(C(=O)OC)c2)cn1. The lowest BCUT2D eigenvalue weighted by Gasteiger charge is -2.08. The molecule has 7 nitrogen and oxygen atoms in total. The van der Waals surface area contributed by atoms with Crippen LogP contribution >= 0.6 is 0 Å². The van der Waals surface area contributed by atoms with Crippen molar-refractivity contribution in [2.45, 2.75) is 11.9 Å². The summed E-state index contributed by atoms with van der Waals surface area (Å²) >= 11 is 0. The Morgan fingerprint density at radius 2 is 1.96 bits per heavy atom. The molecule has 1 heterocycles. The summed E-state index contributed by atoms with van der Waals surface area (Å²) in [6.45, 7) is 1.53. The van der Waals surface area contributed by atoms with E-state index in [4.69, 9.17) is 4.74 Å². The van der Waals surface area contributed by atoms with Gasteiger partial charge in [-0.05, 0) is 24.3 Å². The van der Waals surface area contributed by atoms with Crippen molar-refractivity contribution in [1.82, 2.24) is 4.98 Å². The molecule has 1 N–H and O–H groups in total. The van der Waals surface area contributed by atoms with Gasteiger partial charge in [-0.3, -0.25) is 0 Å². The van der Waals surface area contributed by atoms with Crippen molar-refractivity contribution in [2.24, 2.45) is 0 Å². The minimum atomic E-state index is -3.38. The summed E-state index contributed by atoms with van der Waals surface area (Å²) in [5, 5.41) is 9.57. The molecule has 23 heavy (non-hydrogen) atoms. The van der Waals surface area contributed by atoms with Gasteiger partial charge in [0.05, 0.1) is 24.6 Å². The van der Waals surface area contributed by atoms with Gasteiger partial charge >= 0.3 is 5.97 Å². The number of esters is 1. The first kappa shape index (κ1) is 16.8. The fourth-order valence-electron chi connectivity index (χ4n) is 1.77. The number of phenols is 1. The normalized spacial score (nSPS) is 11.0. The summed E-state index contributed by atoms with van der Waals surface area (Å²) in [4.78, 5) is 15.3. The smallest absolute Gasteiger partial charge is 0.338 e. The van der Waals surface area contributed by atoms with Crippen molar-refractivity contribution in [3.8, 4) is 17.2 Å². The van der Waals surface area contributed by atoms with Gasteiger partial charge in [0.25, 0.3) is 0 Å². The van der Waals surface area contributed by atoms with Crippen molar-refractivity contribution in [1.29, 1.82) is 0 Å². The molecule has 0 aliphatic rings. The van der Waals surface area contributed by atoms with Gasteiger partial charge in [-0.1, -0.05) is 6.92 Å². The average molecular weight is 337 g/mol. The van der Waals surface area contributed by atoms with E-state index in [0.717, 1.165) is 0 Å². The standard InChI is InChI=1S/C15H15NO6S/c1-3-23(19,20)14-5-4-12(9-16-14)22-13-7-10(15(18)21-2)6-11(17)8-13/h4-9,17H,3H2,1-2H3. The maximum atomic E-state index is 11.7. The zero-order chi connectivity index (χ0) is 17.0. The van der Waals surface area contributed by atoms with Crippen molar-refractivity contribution in [3.05, 3.63) is 42.1 Å². The molecule has 0 saturated carbocycles. The highest BCUT2D eigenvalue weighted by Gasteiger charge is 2.14. The van der Waals surface area contributed by atoms with Crippen molar-refractivity contribution in [2.75, 3.05) is 12.9 Å². The molecule has 0 radical (unpaired) electrons. The molecule has 0 aliphatic carbocycles. The van der Waals surface area contributed by atoms with Crippen LogP contribution in [0.1, 0.15) is 17.3 Å². The summed E-state index contributed by atoms with van der Waals surface area (Å²) < 4.78 is 33.4. The van der Waals surface area contributed by atoms with Crippen LogP contribution in [0.25, 0.3) is 0 Å². The van der Waals surface area contributed by atoms with E-state index >= 15 is 0 Å². The molecule has 0 saturated heterocycles. The maximum Gasteiger partial charge on any atom is 0.338 e. The lowest BCUT2D eigenvalue weighted by atomic mass is 10.2. The molecule has 0 amide bonds. The number of hydrogen-bond donors (Lipinski definition) is 1. The Kier molecular flexibility index (Phi) is 4.85. The van der Waals surface area contributed by atoms with Crippen LogP contribution in [0.4, 0.5) is 0 Å². The summed E-state index contributed by atoms with van der Waals surface area (Å²) in [7, 11) is -2.16. The number of rotatable bonds is 5. The third-order valence-electron chi connectivity index (χ3n) is 2.96. The number of aromatic nitrogens is 1. The number of nitrogens with zero attached hydrogens (tertiary/aromatic N) is 1. The third kappa shape index (κ3) is 3.98. The fourth-order valence-corrected chi connectivity index (χ4v) is 2.56. The Bertz CT molecular complexity index is 814. The molecule has 0 spiro atoms. The van der Waals surface area contributed by atoms with Crippen LogP contribution in [-0.2, 0) is 14.6 Å². The number of pyridine rings is 1. The summed E-state index contributed by atoms with van der Waals surface area (Å²) in [6.07, 6.45) is 1.25. The molecule has 0 aliphatic heterocycles. The Hall–Kier alpha value is -2.61. The molecule has 2 rings (SSSR count). The van der Waals surface area contributed by atoms with Gasteiger partial charge in [0.2, 0.25) is 0 Å². The number of aromatic hydroxyl groups is 1. The Morgan fingerprint density at radius 1 is 1.22 bits per heavy atom. The molecule has 0 atom stereocenters. The van der Waals surface area contributed by atoms with Gasteiger partial charge < -0.3 is 14.6 Å². The van der Waals surface area contributed by atoms with Crippen molar-refractivity contribution in [3.63, 3.8) is 0 Å². The summed E-state index contributed by atoms with van der Waals surface area (Å²) in [6, 6.07) is 6.72. The second-order valence-electron chi connectivity index (χ2n) is 4.54. The van der Waals surface area contributed by atoms with Crippen molar-refractivity contribution >= 4 is 15.8 Å². The monoisotopic (exact) mass is 337 g/mol. The zero-order valence-electron chi connectivity index (χ0n) is 12.5. The predicted octanol–water partition coefficient (Wildman–Crippen LogP) is 2.16. The quantitative estimate of drug-likeness (QED) is 0.834. The van der Waals surface area contributed by atoms with Gasteiger partial charge in [0.1, 0.15) is 17.2 Å². The maximum absolute atomic E-state index is 11.7. The van der Waals surface area contributed by atoms with E-state index in [1.165, 1.54) is 50.6 Å². The van der Waals surface area contributed by atoms with E-state index in [9.17, 15) is 18.3 Å². The highest BCUT2D eigenvalue weighted by molar-refractivity contribution is 7.91.